The molecule has 0 saturated heterocycles. The molecular weight excluding hydrogens is 394 g/mol. The van der Waals surface area contributed by atoms with Gasteiger partial charge >= 0.3 is 5.97 Å². The van der Waals surface area contributed by atoms with Crippen LogP contribution in [0.5, 0.6) is 5.75 Å². The van der Waals surface area contributed by atoms with E-state index in [0.29, 0.717) is 35.9 Å². The van der Waals surface area contributed by atoms with Gasteiger partial charge in [0.1, 0.15) is 5.75 Å². The average Bonchev–Trinajstić information content (AvgIpc) is 2.63. The summed E-state index contributed by atoms with van der Waals surface area (Å²) in [5.41, 5.74) is 2.38. The maximum absolute atomic E-state index is 12.9. The fourth-order valence-electron chi connectivity index (χ4n) is 3.72. The normalized spacial score (nSPS) is 12.4. The van der Waals surface area contributed by atoms with Crippen LogP contribution in [0.2, 0.25) is 0 Å². The lowest BCUT2D eigenvalue weighted by atomic mass is 9.82. The quantitative estimate of drug-likeness (QED) is 0.376. The van der Waals surface area contributed by atoms with Gasteiger partial charge in [-0.3, -0.25) is 9.59 Å². The predicted molar refractivity (Wildman–Crippen MR) is 121 cm³/mol. The first kappa shape index (κ1) is 24.3. The molecule has 0 amide bonds. The number of aryl methyl sites for hydroxylation is 3. The van der Waals surface area contributed by atoms with Gasteiger partial charge in [0.05, 0.1) is 22.9 Å². The van der Waals surface area contributed by atoms with Crippen molar-refractivity contribution in [3.63, 3.8) is 0 Å². The Balaban J connectivity index is 2.00. The minimum atomic E-state index is -0.954. The third kappa shape index (κ3) is 7.66. The fraction of sp³-hybridized carbons (Fsp3) is 0.500. The van der Waals surface area contributed by atoms with Crippen LogP contribution in [0.15, 0.2) is 24.3 Å². The highest BCUT2D eigenvalue weighted by Gasteiger charge is 2.28. The van der Waals surface area contributed by atoms with E-state index in [-0.39, 0.29) is 23.4 Å². The predicted octanol–water partition coefficient (Wildman–Crippen LogP) is 4.55. The Morgan fingerprint density at radius 1 is 1.13 bits per heavy atom. The van der Waals surface area contributed by atoms with Crippen molar-refractivity contribution < 1.29 is 19.8 Å². The summed E-state index contributed by atoms with van der Waals surface area (Å²) in [6, 6.07) is 7.18. The number of ketones is 1. The molecule has 0 bridgehead atoms. The Labute approximate surface area is 183 Å². The molecule has 0 fully saturated rings. The number of hydrogen-bond donors (Lipinski definition) is 3. The van der Waals surface area contributed by atoms with Gasteiger partial charge in [-0.15, -0.1) is 0 Å². The second kappa shape index (κ2) is 10.4. The van der Waals surface area contributed by atoms with Crippen molar-refractivity contribution in [1.82, 2.24) is 9.97 Å². The number of anilines is 1. The molecule has 1 heterocycles. The zero-order valence-electron chi connectivity index (χ0n) is 19.0. The summed E-state index contributed by atoms with van der Waals surface area (Å²) < 4.78 is 0. The van der Waals surface area contributed by atoms with Gasteiger partial charge in [-0.2, -0.15) is 0 Å². The van der Waals surface area contributed by atoms with E-state index in [1.165, 1.54) is 0 Å². The number of carbonyl (C=O) groups is 2. The summed E-state index contributed by atoms with van der Waals surface area (Å²) in [4.78, 5) is 33.3. The monoisotopic (exact) mass is 427 g/mol. The lowest BCUT2D eigenvalue weighted by molar-refractivity contribution is -0.142. The zero-order chi connectivity index (χ0) is 23.2. The number of rotatable bonds is 10. The molecule has 1 atom stereocenters. The summed E-state index contributed by atoms with van der Waals surface area (Å²) in [6.45, 7) is 10.0. The van der Waals surface area contributed by atoms with Crippen LogP contribution in [0.3, 0.4) is 0 Å². The number of phenolic OH excluding ortho intramolecular Hbond substituents is 1. The highest BCUT2D eigenvalue weighted by atomic mass is 16.4. The molecule has 0 aliphatic heterocycles. The summed E-state index contributed by atoms with van der Waals surface area (Å²) >= 11 is 0. The second-order valence-corrected chi connectivity index (χ2v) is 9.22. The number of phenols is 1. The number of nitrogens with one attached hydrogen (secondary N) is 1. The van der Waals surface area contributed by atoms with Gasteiger partial charge in [0.15, 0.2) is 5.78 Å². The molecule has 0 aliphatic rings. The lowest BCUT2D eigenvalue weighted by Crippen LogP contribution is -2.24. The number of benzene rings is 1. The Morgan fingerprint density at radius 3 is 2.32 bits per heavy atom. The highest BCUT2D eigenvalue weighted by molar-refractivity contribution is 5.99. The molecule has 2 rings (SSSR count). The molecule has 1 aromatic heterocycles. The van der Waals surface area contributed by atoms with Crippen molar-refractivity contribution >= 4 is 17.7 Å². The number of Topliss-reactive ketones (excluding diaryl/α,β-unsaturated/α-hetero) is 1. The molecule has 0 saturated carbocycles. The number of carbonyl (C=O) groups excluding carboxylic acids is 1. The summed E-state index contributed by atoms with van der Waals surface area (Å²) in [5, 5.41) is 22.2. The van der Waals surface area contributed by atoms with Crippen molar-refractivity contribution in [3.8, 4) is 5.75 Å². The largest absolute Gasteiger partial charge is 0.508 e. The Morgan fingerprint density at radius 2 is 1.77 bits per heavy atom. The highest BCUT2D eigenvalue weighted by Crippen LogP contribution is 2.28. The maximum Gasteiger partial charge on any atom is 0.306 e. The third-order valence-electron chi connectivity index (χ3n) is 5.03. The molecule has 168 valence electrons. The van der Waals surface area contributed by atoms with E-state index in [9.17, 15) is 19.8 Å². The number of aromatic nitrogens is 2. The fourth-order valence-corrected chi connectivity index (χ4v) is 3.72. The topological polar surface area (TPSA) is 112 Å². The Bertz CT molecular complexity index is 912. The molecule has 1 aromatic carbocycles. The first-order chi connectivity index (χ1) is 14.5. The lowest BCUT2D eigenvalue weighted by Gasteiger charge is -2.23. The number of nitrogens with zero attached hydrogens (tertiary/aromatic N) is 2. The first-order valence-electron chi connectivity index (χ1n) is 10.6. The van der Waals surface area contributed by atoms with Crippen LogP contribution in [0, 0.1) is 25.2 Å². The number of aromatic hydroxyl groups is 1. The summed E-state index contributed by atoms with van der Waals surface area (Å²) in [5.74, 6) is -1.21. The van der Waals surface area contributed by atoms with Crippen LogP contribution in [0.1, 0.15) is 67.3 Å². The number of hydrogen-bond acceptors (Lipinski definition) is 6. The molecular formula is C24H33N3O4. The van der Waals surface area contributed by atoms with E-state index >= 15 is 0 Å². The summed E-state index contributed by atoms with van der Waals surface area (Å²) in [7, 11) is 0. The van der Waals surface area contributed by atoms with Crippen molar-refractivity contribution in [2.24, 2.45) is 11.3 Å². The molecule has 3 N–H and O–H groups in total. The van der Waals surface area contributed by atoms with Crippen LogP contribution in [-0.4, -0.2) is 38.5 Å². The van der Waals surface area contributed by atoms with Crippen LogP contribution in [-0.2, 0) is 11.2 Å². The van der Waals surface area contributed by atoms with E-state index in [0.717, 1.165) is 18.4 Å². The molecule has 2 aromatic rings. The molecule has 0 radical (unpaired) electrons. The molecule has 7 heteroatoms. The van der Waals surface area contributed by atoms with Crippen LogP contribution in [0.4, 0.5) is 5.95 Å². The van der Waals surface area contributed by atoms with Crippen molar-refractivity contribution in [2.45, 2.75) is 60.3 Å². The molecule has 31 heavy (non-hydrogen) atoms. The van der Waals surface area contributed by atoms with Gasteiger partial charge in [0.2, 0.25) is 5.95 Å². The number of carboxylic acids is 1. The van der Waals surface area contributed by atoms with Crippen molar-refractivity contribution in [1.29, 1.82) is 0 Å². The second-order valence-electron chi connectivity index (χ2n) is 9.22. The maximum atomic E-state index is 12.9. The van der Waals surface area contributed by atoms with Crippen LogP contribution < -0.4 is 5.32 Å². The smallest absolute Gasteiger partial charge is 0.306 e. The SMILES string of the molecule is Cc1nc(NCCCc2cccc(O)c2)nc(C)c1C(=O)C[C@@H](CC(C)(C)C)C(=O)O. The van der Waals surface area contributed by atoms with E-state index < -0.39 is 11.9 Å². The molecule has 0 unspecified atom stereocenters. The van der Waals surface area contributed by atoms with E-state index in [1.54, 1.807) is 26.0 Å². The van der Waals surface area contributed by atoms with E-state index in [1.807, 2.05) is 32.9 Å². The van der Waals surface area contributed by atoms with E-state index in [2.05, 4.69) is 15.3 Å². The Hall–Kier alpha value is -2.96. The van der Waals surface area contributed by atoms with Crippen molar-refractivity contribution in [3.05, 3.63) is 46.8 Å². The Kier molecular flexibility index (Phi) is 8.14. The number of carboxylic acid groups (broad SMARTS) is 1. The third-order valence-corrected chi connectivity index (χ3v) is 5.03. The average molecular weight is 428 g/mol. The van der Waals surface area contributed by atoms with Gasteiger partial charge in [-0.25, -0.2) is 9.97 Å². The van der Waals surface area contributed by atoms with Gasteiger partial charge in [0.25, 0.3) is 0 Å². The standard InChI is InChI=1S/C24H33N3O4/c1-15-21(20(29)13-18(22(30)31)14-24(3,4)5)16(2)27-23(26-15)25-11-7-9-17-8-6-10-19(28)12-17/h6,8,10,12,18,28H,7,9,11,13-14H2,1-5H3,(H,30,31)(H,25,26,27)/t18-/m0/s1. The van der Waals surface area contributed by atoms with Crippen LogP contribution >= 0.6 is 0 Å². The minimum absolute atomic E-state index is 0.0612. The molecule has 7 nitrogen and oxygen atoms in total. The summed E-state index contributed by atoms with van der Waals surface area (Å²) in [6.07, 6.45) is 2.00. The van der Waals surface area contributed by atoms with Crippen molar-refractivity contribution in [2.75, 3.05) is 11.9 Å². The van der Waals surface area contributed by atoms with Gasteiger partial charge in [0, 0.05) is 13.0 Å². The van der Waals surface area contributed by atoms with E-state index in [4.69, 9.17) is 0 Å². The van der Waals surface area contributed by atoms with Crippen LogP contribution in [0.25, 0.3) is 0 Å². The minimum Gasteiger partial charge on any atom is -0.508 e. The van der Waals surface area contributed by atoms with Gasteiger partial charge in [-0.05, 0) is 56.2 Å². The molecule has 0 aliphatic carbocycles. The molecule has 0 spiro atoms. The number of aliphatic carboxylic acids is 1. The van der Waals surface area contributed by atoms with Gasteiger partial charge in [-0.1, -0.05) is 32.9 Å². The van der Waals surface area contributed by atoms with Gasteiger partial charge < -0.3 is 15.5 Å². The zero-order valence-corrected chi connectivity index (χ0v) is 19.0. The first-order valence-corrected chi connectivity index (χ1v) is 10.6.